The summed E-state index contributed by atoms with van der Waals surface area (Å²) in [5.41, 5.74) is 0. The number of hydrogen-bond donors (Lipinski definition) is 3. The highest BCUT2D eigenvalue weighted by molar-refractivity contribution is 7.47. The lowest BCUT2D eigenvalue weighted by Gasteiger charge is -2.21. The first-order valence-electron chi connectivity index (χ1n) is 35.7. The van der Waals surface area contributed by atoms with Gasteiger partial charge in [-0.25, -0.2) is 9.13 Å². The highest BCUT2D eigenvalue weighted by atomic mass is 31.2. The van der Waals surface area contributed by atoms with Crippen LogP contribution in [0.25, 0.3) is 0 Å². The SMILES string of the molecule is CCC(C)CCCCCCCCCCCCC(=O)OC[C@H](COP(=O)(O)OC[C@@H](O)COP(=O)(O)OC[C@@H](COC(=O)CCCCCCCCC(C)C)OC(=O)CCCCCCCCCCCCCC(C)C)OC(=O)CCCCCCCCCCC(C)C. The first-order valence-corrected chi connectivity index (χ1v) is 38.7. The van der Waals surface area contributed by atoms with E-state index in [4.69, 9.17) is 37.0 Å². The molecule has 88 heavy (non-hydrogen) atoms. The molecule has 0 aliphatic heterocycles. The quantitative estimate of drug-likeness (QED) is 0.0222. The van der Waals surface area contributed by atoms with Crippen LogP contribution in [-0.4, -0.2) is 96.7 Å². The van der Waals surface area contributed by atoms with Crippen LogP contribution in [0.3, 0.4) is 0 Å². The van der Waals surface area contributed by atoms with Crippen molar-refractivity contribution in [1.82, 2.24) is 0 Å². The van der Waals surface area contributed by atoms with Gasteiger partial charge in [0.05, 0.1) is 26.4 Å². The fraction of sp³-hybridized carbons (Fsp3) is 0.942. The normalized spacial score (nSPS) is 14.6. The summed E-state index contributed by atoms with van der Waals surface area (Å²) in [6.07, 6.45) is 40.4. The van der Waals surface area contributed by atoms with Gasteiger partial charge in [0.2, 0.25) is 0 Å². The van der Waals surface area contributed by atoms with Gasteiger partial charge in [0, 0.05) is 25.7 Å². The van der Waals surface area contributed by atoms with E-state index in [1.165, 1.54) is 135 Å². The molecular formula is C69H134O17P2. The number of ether oxygens (including phenoxy) is 4. The van der Waals surface area contributed by atoms with E-state index in [2.05, 4.69) is 55.4 Å². The molecule has 0 aliphatic rings. The summed E-state index contributed by atoms with van der Waals surface area (Å²) in [7, 11) is -9.90. The summed E-state index contributed by atoms with van der Waals surface area (Å²) in [6.45, 7) is 14.0. The number of unbranched alkanes of at least 4 members (excludes halogenated alkanes) is 31. The van der Waals surface area contributed by atoms with Gasteiger partial charge in [0.1, 0.15) is 19.3 Å². The van der Waals surface area contributed by atoms with Gasteiger partial charge in [0.15, 0.2) is 12.2 Å². The Hall–Kier alpha value is -1.94. The van der Waals surface area contributed by atoms with E-state index in [0.717, 1.165) is 114 Å². The van der Waals surface area contributed by atoms with Crippen molar-refractivity contribution >= 4 is 39.5 Å². The van der Waals surface area contributed by atoms with E-state index < -0.39 is 97.5 Å². The lowest BCUT2D eigenvalue weighted by molar-refractivity contribution is -0.161. The molecule has 0 saturated carbocycles. The number of aliphatic hydroxyl groups is 1. The van der Waals surface area contributed by atoms with Crippen LogP contribution in [0, 0.1) is 23.7 Å². The Balaban J connectivity index is 5.24. The summed E-state index contributed by atoms with van der Waals surface area (Å²) in [4.78, 5) is 72.5. The van der Waals surface area contributed by atoms with Crippen molar-refractivity contribution in [3.05, 3.63) is 0 Å². The molecule has 0 aliphatic carbocycles. The maximum atomic E-state index is 13.0. The van der Waals surface area contributed by atoms with Gasteiger partial charge in [-0.05, 0) is 49.4 Å². The van der Waals surface area contributed by atoms with Crippen molar-refractivity contribution in [3.8, 4) is 0 Å². The largest absolute Gasteiger partial charge is 0.472 e. The van der Waals surface area contributed by atoms with E-state index in [-0.39, 0.29) is 25.7 Å². The molecule has 3 unspecified atom stereocenters. The Bertz CT molecular complexity index is 1750. The van der Waals surface area contributed by atoms with Crippen molar-refractivity contribution in [2.24, 2.45) is 23.7 Å². The van der Waals surface area contributed by atoms with Crippen molar-refractivity contribution in [3.63, 3.8) is 0 Å². The summed E-state index contributed by atoms with van der Waals surface area (Å²) < 4.78 is 68.2. The van der Waals surface area contributed by atoms with Crippen LogP contribution in [0.5, 0.6) is 0 Å². The fourth-order valence-corrected chi connectivity index (χ4v) is 11.9. The molecule has 0 heterocycles. The maximum absolute atomic E-state index is 13.0. The average molecular weight is 1300 g/mol. The smallest absolute Gasteiger partial charge is 0.462 e. The van der Waals surface area contributed by atoms with Crippen molar-refractivity contribution < 1.29 is 80.2 Å². The van der Waals surface area contributed by atoms with Crippen LogP contribution in [0.2, 0.25) is 0 Å². The number of phosphoric ester groups is 2. The molecule has 0 aromatic heterocycles. The van der Waals surface area contributed by atoms with Crippen LogP contribution in [0.1, 0.15) is 338 Å². The Morgan fingerprint density at radius 1 is 0.318 bits per heavy atom. The average Bonchev–Trinajstić information content (AvgIpc) is 3.48. The van der Waals surface area contributed by atoms with Gasteiger partial charge in [0.25, 0.3) is 0 Å². The molecule has 0 bridgehead atoms. The molecular weight excluding hydrogens is 1160 g/mol. The first kappa shape index (κ1) is 86.1. The molecule has 17 nitrogen and oxygen atoms in total. The second-order valence-electron chi connectivity index (χ2n) is 26.6. The van der Waals surface area contributed by atoms with Crippen LogP contribution in [-0.2, 0) is 65.4 Å². The third-order valence-electron chi connectivity index (χ3n) is 16.2. The van der Waals surface area contributed by atoms with E-state index in [0.29, 0.717) is 31.6 Å². The van der Waals surface area contributed by atoms with Crippen LogP contribution < -0.4 is 0 Å². The molecule has 0 spiro atoms. The van der Waals surface area contributed by atoms with Crippen LogP contribution in [0.15, 0.2) is 0 Å². The monoisotopic (exact) mass is 1300 g/mol. The Kier molecular flexibility index (Phi) is 57.6. The predicted molar refractivity (Wildman–Crippen MR) is 354 cm³/mol. The minimum atomic E-state index is -4.95. The van der Waals surface area contributed by atoms with Crippen molar-refractivity contribution in [2.45, 2.75) is 356 Å². The highest BCUT2D eigenvalue weighted by Crippen LogP contribution is 2.45. The van der Waals surface area contributed by atoms with Crippen molar-refractivity contribution in [2.75, 3.05) is 39.6 Å². The standard InChI is InChI=1S/C69H134O17P2/c1-9-62(8)48-40-32-23-16-13-14-17-24-33-41-49-66(71)79-55-64(86-69(74)52-44-36-26-20-19-22-30-38-46-60(4)5)57-83-87(75,76)81-53-63(70)54-82-88(77,78)84-58-65(56-80-67(72)50-42-34-28-27-31-39-47-61(6)7)85-68(73)51-43-35-25-18-12-10-11-15-21-29-37-45-59(2)3/h59-65,70H,9-58H2,1-8H3,(H,75,76)(H,77,78)/t62?,63-,64-,65-/m1/s1. The molecule has 522 valence electrons. The van der Waals surface area contributed by atoms with Gasteiger partial charge in [-0.1, -0.05) is 287 Å². The fourth-order valence-electron chi connectivity index (χ4n) is 10.3. The summed E-state index contributed by atoms with van der Waals surface area (Å²) in [6, 6.07) is 0. The molecule has 0 rings (SSSR count). The molecule has 19 heteroatoms. The second kappa shape index (κ2) is 58.8. The van der Waals surface area contributed by atoms with Gasteiger partial charge >= 0.3 is 39.5 Å². The molecule has 0 saturated heterocycles. The summed E-state index contributed by atoms with van der Waals surface area (Å²) in [5, 5.41) is 10.6. The first-order chi connectivity index (χ1) is 42.1. The van der Waals surface area contributed by atoms with Crippen LogP contribution >= 0.6 is 15.6 Å². The molecule has 6 atom stereocenters. The van der Waals surface area contributed by atoms with E-state index in [9.17, 15) is 43.2 Å². The topological polar surface area (TPSA) is 237 Å². The van der Waals surface area contributed by atoms with E-state index >= 15 is 0 Å². The van der Waals surface area contributed by atoms with Crippen molar-refractivity contribution in [1.29, 1.82) is 0 Å². The zero-order valence-corrected chi connectivity index (χ0v) is 59.1. The Morgan fingerprint density at radius 3 is 0.807 bits per heavy atom. The van der Waals surface area contributed by atoms with Gasteiger partial charge in [-0.3, -0.25) is 37.3 Å². The van der Waals surface area contributed by atoms with Gasteiger partial charge in [-0.2, -0.15) is 0 Å². The Morgan fingerprint density at radius 2 is 0.545 bits per heavy atom. The predicted octanol–water partition coefficient (Wildman–Crippen LogP) is 19.3. The summed E-state index contributed by atoms with van der Waals surface area (Å²) in [5.74, 6) is 0.839. The summed E-state index contributed by atoms with van der Waals surface area (Å²) >= 11 is 0. The van der Waals surface area contributed by atoms with Crippen LogP contribution in [0.4, 0.5) is 0 Å². The third kappa shape index (κ3) is 61.6. The van der Waals surface area contributed by atoms with E-state index in [1.54, 1.807) is 0 Å². The Labute approximate surface area is 537 Å². The highest BCUT2D eigenvalue weighted by Gasteiger charge is 2.30. The minimum Gasteiger partial charge on any atom is -0.462 e. The zero-order valence-electron chi connectivity index (χ0n) is 57.3. The number of rotatable bonds is 66. The zero-order chi connectivity index (χ0) is 65.4. The molecule has 0 radical (unpaired) electrons. The molecule has 0 fully saturated rings. The lowest BCUT2D eigenvalue weighted by atomic mass is 9.99. The number of esters is 4. The maximum Gasteiger partial charge on any atom is 0.472 e. The number of carbonyl (C=O) groups is 4. The number of phosphoric acid groups is 2. The number of hydrogen-bond acceptors (Lipinski definition) is 15. The lowest BCUT2D eigenvalue weighted by Crippen LogP contribution is -2.30. The van der Waals surface area contributed by atoms with Gasteiger partial charge < -0.3 is 33.8 Å². The number of aliphatic hydroxyl groups excluding tert-OH is 1. The van der Waals surface area contributed by atoms with E-state index in [1.807, 2.05) is 0 Å². The number of carbonyl (C=O) groups excluding carboxylic acids is 4. The molecule has 3 N–H and O–H groups in total. The second-order valence-corrected chi connectivity index (χ2v) is 29.5. The van der Waals surface area contributed by atoms with Gasteiger partial charge in [-0.15, -0.1) is 0 Å². The molecule has 0 aromatic carbocycles. The molecule has 0 amide bonds. The third-order valence-corrected chi connectivity index (χ3v) is 18.1. The minimum absolute atomic E-state index is 0.104. The molecule has 0 aromatic rings.